The van der Waals surface area contributed by atoms with Crippen molar-refractivity contribution in [2.24, 2.45) is 5.73 Å². The maximum atomic E-state index is 11.7. The molecule has 0 aliphatic heterocycles. The van der Waals surface area contributed by atoms with Gasteiger partial charge >= 0.3 is 0 Å². The molecule has 3 nitrogen and oxygen atoms in total. The van der Waals surface area contributed by atoms with Crippen molar-refractivity contribution in [1.82, 2.24) is 0 Å². The number of aryl methyl sites for hydroxylation is 1. The minimum atomic E-state index is -0.422. The second kappa shape index (κ2) is 7.69. The van der Waals surface area contributed by atoms with E-state index in [1.165, 1.54) is 0 Å². The Bertz CT molecular complexity index is 385. The second-order valence-corrected chi connectivity index (χ2v) is 4.70. The van der Waals surface area contributed by atoms with E-state index in [-0.39, 0.29) is 18.3 Å². The number of carbonyl (C=O) groups is 1. The van der Waals surface area contributed by atoms with E-state index >= 15 is 0 Å². The van der Waals surface area contributed by atoms with Gasteiger partial charge in [0.05, 0.1) is 6.04 Å². The summed E-state index contributed by atoms with van der Waals surface area (Å²) >= 11 is 3.41. The van der Waals surface area contributed by atoms with Crippen molar-refractivity contribution >= 4 is 39.9 Å². The van der Waals surface area contributed by atoms with Crippen LogP contribution in [0.5, 0.6) is 0 Å². The van der Waals surface area contributed by atoms with Crippen LogP contribution in [0, 0.1) is 6.92 Å². The number of hydrogen-bond acceptors (Lipinski definition) is 2. The third-order valence-corrected chi connectivity index (χ3v) is 3.25. The number of nitrogens with two attached hydrogens (primary N) is 1. The summed E-state index contributed by atoms with van der Waals surface area (Å²) < 4.78 is 1.03. The van der Waals surface area contributed by atoms with Crippen molar-refractivity contribution in [2.45, 2.75) is 32.7 Å². The molecular weight excluding hydrogens is 304 g/mol. The molecule has 1 atom stereocenters. The molecule has 1 aromatic carbocycles. The average Bonchev–Trinajstić information content (AvgIpc) is 2.24. The van der Waals surface area contributed by atoms with Crippen LogP contribution in [0.15, 0.2) is 22.7 Å². The topological polar surface area (TPSA) is 55.1 Å². The van der Waals surface area contributed by atoms with E-state index in [0.29, 0.717) is 6.42 Å². The minimum Gasteiger partial charge on any atom is -0.325 e. The van der Waals surface area contributed by atoms with Crippen LogP contribution in [0.3, 0.4) is 0 Å². The standard InChI is InChI=1S/C12H17BrN2O.ClH/c1-3-4-11(14)12(16)15-9-5-6-10(13)8(2)7-9;/h5-7,11H,3-4,14H2,1-2H3,(H,15,16);1H. The van der Waals surface area contributed by atoms with Crippen LogP contribution in [0.2, 0.25) is 0 Å². The van der Waals surface area contributed by atoms with Gasteiger partial charge in [-0.2, -0.15) is 0 Å². The number of anilines is 1. The maximum Gasteiger partial charge on any atom is 0.241 e. The van der Waals surface area contributed by atoms with Crippen molar-refractivity contribution in [1.29, 1.82) is 0 Å². The largest absolute Gasteiger partial charge is 0.325 e. The van der Waals surface area contributed by atoms with Gasteiger partial charge in [0.1, 0.15) is 0 Å². The fourth-order valence-electron chi connectivity index (χ4n) is 1.40. The molecule has 96 valence electrons. The van der Waals surface area contributed by atoms with Gasteiger partial charge in [0.2, 0.25) is 5.91 Å². The number of hydrogen-bond donors (Lipinski definition) is 2. The Hall–Kier alpha value is -0.580. The number of halogens is 2. The molecule has 0 aliphatic carbocycles. The third kappa shape index (κ3) is 5.06. The Labute approximate surface area is 117 Å². The second-order valence-electron chi connectivity index (χ2n) is 3.85. The Kier molecular flexibility index (Phi) is 7.43. The van der Waals surface area contributed by atoms with E-state index in [9.17, 15) is 4.79 Å². The van der Waals surface area contributed by atoms with Crippen LogP contribution in [-0.4, -0.2) is 11.9 Å². The minimum absolute atomic E-state index is 0. The van der Waals surface area contributed by atoms with E-state index in [1.807, 2.05) is 32.0 Å². The van der Waals surface area contributed by atoms with Gasteiger partial charge in [0, 0.05) is 10.2 Å². The fraction of sp³-hybridized carbons (Fsp3) is 0.417. The van der Waals surface area contributed by atoms with Crippen LogP contribution in [-0.2, 0) is 4.79 Å². The van der Waals surface area contributed by atoms with E-state index in [0.717, 1.165) is 22.1 Å². The molecule has 1 unspecified atom stereocenters. The summed E-state index contributed by atoms with van der Waals surface area (Å²) in [6.07, 6.45) is 1.62. The zero-order valence-corrected chi connectivity index (χ0v) is 12.4. The lowest BCUT2D eigenvalue weighted by molar-refractivity contribution is -0.117. The van der Waals surface area contributed by atoms with Crippen molar-refractivity contribution in [2.75, 3.05) is 5.32 Å². The molecule has 3 N–H and O–H groups in total. The summed E-state index contributed by atoms with van der Waals surface area (Å²) in [5.41, 5.74) is 7.60. The molecule has 17 heavy (non-hydrogen) atoms. The quantitative estimate of drug-likeness (QED) is 0.894. The normalized spacial score (nSPS) is 11.5. The average molecular weight is 322 g/mol. The molecule has 0 aromatic heterocycles. The summed E-state index contributed by atoms with van der Waals surface area (Å²) in [6, 6.07) is 5.26. The highest BCUT2D eigenvalue weighted by atomic mass is 79.9. The molecule has 1 amide bonds. The summed E-state index contributed by atoms with van der Waals surface area (Å²) in [4.78, 5) is 11.7. The summed E-state index contributed by atoms with van der Waals surface area (Å²) in [7, 11) is 0. The Morgan fingerprint density at radius 3 is 2.71 bits per heavy atom. The number of nitrogens with one attached hydrogen (secondary N) is 1. The van der Waals surface area contributed by atoms with Crippen LogP contribution in [0.4, 0.5) is 5.69 Å². The van der Waals surface area contributed by atoms with Gasteiger partial charge in [0.15, 0.2) is 0 Å². The zero-order valence-electron chi connectivity index (χ0n) is 10.00. The first-order chi connectivity index (χ1) is 7.54. The molecule has 1 aromatic rings. The van der Waals surface area contributed by atoms with E-state index in [1.54, 1.807) is 0 Å². The molecule has 0 saturated heterocycles. The summed E-state index contributed by atoms with van der Waals surface area (Å²) in [5.74, 6) is -0.122. The van der Waals surface area contributed by atoms with Gasteiger partial charge in [-0.25, -0.2) is 0 Å². The lowest BCUT2D eigenvalue weighted by atomic mass is 10.1. The van der Waals surface area contributed by atoms with Crippen LogP contribution in [0.25, 0.3) is 0 Å². The monoisotopic (exact) mass is 320 g/mol. The highest BCUT2D eigenvalue weighted by molar-refractivity contribution is 9.10. The van der Waals surface area contributed by atoms with Gasteiger partial charge < -0.3 is 11.1 Å². The van der Waals surface area contributed by atoms with Gasteiger partial charge in [0.25, 0.3) is 0 Å². The van der Waals surface area contributed by atoms with Crippen molar-refractivity contribution < 1.29 is 4.79 Å². The number of rotatable bonds is 4. The van der Waals surface area contributed by atoms with E-state index < -0.39 is 6.04 Å². The highest BCUT2D eigenvalue weighted by Gasteiger charge is 2.12. The molecule has 0 heterocycles. The highest BCUT2D eigenvalue weighted by Crippen LogP contribution is 2.20. The summed E-state index contributed by atoms with van der Waals surface area (Å²) in [5, 5.41) is 2.81. The lowest BCUT2D eigenvalue weighted by Gasteiger charge is -2.11. The fourth-order valence-corrected chi connectivity index (χ4v) is 1.65. The van der Waals surface area contributed by atoms with Gasteiger partial charge in [-0.1, -0.05) is 29.3 Å². The molecule has 1 rings (SSSR count). The first-order valence-electron chi connectivity index (χ1n) is 5.37. The Morgan fingerprint density at radius 1 is 1.53 bits per heavy atom. The number of amides is 1. The molecule has 0 spiro atoms. The molecule has 5 heteroatoms. The predicted octanol–water partition coefficient (Wildman–Crippen LogP) is 3.25. The van der Waals surface area contributed by atoms with E-state index in [4.69, 9.17) is 5.73 Å². The SMILES string of the molecule is CCCC(N)C(=O)Nc1ccc(Br)c(C)c1.Cl. The van der Waals surface area contributed by atoms with Crippen molar-refractivity contribution in [3.05, 3.63) is 28.2 Å². The zero-order chi connectivity index (χ0) is 12.1. The van der Waals surface area contributed by atoms with Gasteiger partial charge in [-0.05, 0) is 37.1 Å². The Balaban J connectivity index is 0.00000256. The van der Waals surface area contributed by atoms with Gasteiger partial charge in [-0.15, -0.1) is 12.4 Å². The van der Waals surface area contributed by atoms with Gasteiger partial charge in [-0.3, -0.25) is 4.79 Å². The third-order valence-electron chi connectivity index (χ3n) is 2.36. The number of benzene rings is 1. The Morgan fingerprint density at radius 2 is 2.18 bits per heavy atom. The predicted molar refractivity (Wildman–Crippen MR) is 77.6 cm³/mol. The van der Waals surface area contributed by atoms with Crippen LogP contribution >= 0.6 is 28.3 Å². The molecular formula is C12H18BrClN2O. The molecule has 0 radical (unpaired) electrons. The maximum absolute atomic E-state index is 11.7. The van der Waals surface area contributed by atoms with Crippen LogP contribution in [0.1, 0.15) is 25.3 Å². The molecule has 0 fully saturated rings. The first-order valence-corrected chi connectivity index (χ1v) is 6.16. The smallest absolute Gasteiger partial charge is 0.241 e. The summed E-state index contributed by atoms with van der Waals surface area (Å²) in [6.45, 7) is 3.99. The molecule has 0 saturated carbocycles. The number of carbonyl (C=O) groups excluding carboxylic acids is 1. The lowest BCUT2D eigenvalue weighted by Crippen LogP contribution is -2.35. The molecule has 0 aliphatic rings. The van der Waals surface area contributed by atoms with Crippen molar-refractivity contribution in [3.8, 4) is 0 Å². The van der Waals surface area contributed by atoms with Crippen LogP contribution < -0.4 is 11.1 Å². The van der Waals surface area contributed by atoms with E-state index in [2.05, 4.69) is 21.2 Å². The van der Waals surface area contributed by atoms with Crippen molar-refractivity contribution in [3.63, 3.8) is 0 Å². The molecule has 0 bridgehead atoms. The first kappa shape index (κ1) is 16.4.